The number of hydrogen-bond donors (Lipinski definition) is 2. The van der Waals surface area contributed by atoms with E-state index in [0.717, 1.165) is 27.8 Å². The van der Waals surface area contributed by atoms with E-state index < -0.39 is 0 Å². The zero-order valence-corrected chi connectivity index (χ0v) is 30.9. The molecule has 0 unspecified atom stereocenters. The van der Waals surface area contributed by atoms with Gasteiger partial charge in [-0.1, -0.05) is 96.4 Å². The fourth-order valence-corrected chi connectivity index (χ4v) is 5.36. The Morgan fingerprint density at radius 2 is 0.957 bits per heavy atom. The number of amides is 3. The van der Waals surface area contributed by atoms with Gasteiger partial charge in [-0.15, -0.1) is 23.8 Å². The number of allylic oxidation sites excluding steroid dienone is 5. The molecule has 2 aliphatic heterocycles. The molecule has 47 heavy (non-hydrogen) atoms. The van der Waals surface area contributed by atoms with Crippen LogP contribution in [0.15, 0.2) is 115 Å². The molecular formula is C38H27N2O5Y2-. The molecule has 0 bridgehead atoms. The summed E-state index contributed by atoms with van der Waals surface area (Å²) in [7, 11) is 0. The van der Waals surface area contributed by atoms with Crippen molar-refractivity contribution >= 4 is 46.1 Å². The molecule has 0 spiro atoms. The van der Waals surface area contributed by atoms with Gasteiger partial charge in [-0.05, 0) is 42.3 Å². The van der Waals surface area contributed by atoms with E-state index in [9.17, 15) is 24.0 Å². The van der Waals surface area contributed by atoms with Gasteiger partial charge in [-0.25, -0.2) is 5.57 Å². The molecule has 8 rings (SSSR count). The van der Waals surface area contributed by atoms with Gasteiger partial charge >= 0.3 is 1.43 Å². The monoisotopic (exact) mass is 769 g/mol. The largest absolute Gasteiger partial charge is 1.00 e. The number of benzene rings is 4. The van der Waals surface area contributed by atoms with Crippen molar-refractivity contribution < 1.29 is 90.8 Å². The Balaban J connectivity index is 0.000000206. The smallest absolute Gasteiger partial charge is 0.361 e. The molecule has 4 aromatic carbocycles. The van der Waals surface area contributed by atoms with Crippen molar-refractivity contribution in [3.63, 3.8) is 0 Å². The standard InChI is InChI=1S/C19H12NO2.C11H9O.C8H5NO2.2Y/c21-17-11-13(12-6-2-1-3-7-12)10-16(17)18-14-8-4-5-9-15(14)19(22)20-18;12-11-7-6-10(8-11)9-4-2-1-3-5-9;10-7-5-3-1-2-4-6(5)8(11)9-7;;/h1-9H,11H2,(H,20,22);1-5H,7-8H2;1-4H,(H,9,10,11);;/q2*-1;;;/p+1/b18-16+;;;;. The second-order valence-corrected chi connectivity index (χ2v) is 10.6. The average Bonchev–Trinajstić information content (AvgIpc) is 3.84. The number of rotatable bonds is 2. The van der Waals surface area contributed by atoms with Crippen LogP contribution in [0.5, 0.6) is 0 Å². The topological polar surface area (TPSA) is 109 Å². The van der Waals surface area contributed by atoms with Gasteiger partial charge < -0.3 is 14.9 Å². The summed E-state index contributed by atoms with van der Waals surface area (Å²) in [6, 6.07) is 33.7. The van der Waals surface area contributed by atoms with Crippen LogP contribution in [0.2, 0.25) is 0 Å². The maximum absolute atomic E-state index is 12.4. The summed E-state index contributed by atoms with van der Waals surface area (Å²) in [5, 5.41) is 5.01. The van der Waals surface area contributed by atoms with Gasteiger partial charge in [0.1, 0.15) is 5.78 Å². The Hall–Kier alpha value is -3.74. The van der Waals surface area contributed by atoms with Crippen molar-refractivity contribution in [2.45, 2.75) is 19.3 Å². The summed E-state index contributed by atoms with van der Waals surface area (Å²) >= 11 is 0. The Morgan fingerprint density at radius 1 is 0.511 bits per heavy atom. The van der Waals surface area contributed by atoms with Crippen molar-refractivity contribution in [1.29, 1.82) is 0 Å². The Kier molecular flexibility index (Phi) is 12.6. The Morgan fingerprint density at radius 3 is 1.47 bits per heavy atom. The molecular weight excluding hydrogens is 742 g/mol. The predicted octanol–water partition coefficient (Wildman–Crippen LogP) is 5.91. The van der Waals surface area contributed by atoms with Crippen LogP contribution in [0, 0.1) is 12.2 Å². The van der Waals surface area contributed by atoms with Gasteiger partial charge in [0.05, 0.1) is 16.9 Å². The summed E-state index contributed by atoms with van der Waals surface area (Å²) < 4.78 is 0. The minimum Gasteiger partial charge on any atom is -0.361 e. The van der Waals surface area contributed by atoms with Gasteiger partial charge in [0.2, 0.25) is 5.91 Å². The second-order valence-electron chi connectivity index (χ2n) is 10.6. The summed E-state index contributed by atoms with van der Waals surface area (Å²) in [5.74, 6) is -0.503. The van der Waals surface area contributed by atoms with Crippen molar-refractivity contribution in [2.75, 3.05) is 0 Å². The summed E-state index contributed by atoms with van der Waals surface area (Å²) in [6.45, 7) is 0. The van der Waals surface area contributed by atoms with Crippen LogP contribution in [0.1, 0.15) is 68.5 Å². The molecule has 226 valence electrons. The van der Waals surface area contributed by atoms with Crippen LogP contribution in [0.25, 0.3) is 16.8 Å². The Labute approximate surface area is 324 Å². The first-order valence-electron chi connectivity index (χ1n) is 14.4. The quantitative estimate of drug-likeness (QED) is 0.150. The third kappa shape index (κ3) is 8.22. The zero-order chi connectivity index (χ0) is 31.3. The van der Waals surface area contributed by atoms with E-state index in [4.69, 9.17) is 0 Å². The van der Waals surface area contributed by atoms with Gasteiger partial charge in [0.15, 0.2) is 0 Å². The van der Waals surface area contributed by atoms with Gasteiger partial charge in [0, 0.05) is 71.0 Å². The number of nitrogens with one attached hydrogen (secondary N) is 2. The van der Waals surface area contributed by atoms with Gasteiger partial charge in [-0.3, -0.25) is 25.8 Å². The molecule has 2 N–H and O–H groups in total. The number of hydrogen-bond acceptors (Lipinski definition) is 5. The molecule has 2 radical (unpaired) electrons. The third-order valence-corrected chi connectivity index (χ3v) is 7.58. The molecule has 3 amide bonds. The van der Waals surface area contributed by atoms with E-state index in [1.165, 1.54) is 0 Å². The SMILES string of the molecule is O=C1CC(c2ccccc2)=[C-]/C1=C1\NC(=O)c2ccccc21.O=C1C[C-]=C(c2ccccc2)C1.O=C1NC(=O)c2ccccc21.[H+].[Y].[Y]. The van der Waals surface area contributed by atoms with Crippen LogP contribution >= 0.6 is 0 Å². The van der Waals surface area contributed by atoms with E-state index in [2.05, 4.69) is 22.8 Å². The van der Waals surface area contributed by atoms with Crippen LogP contribution in [-0.2, 0) is 75.0 Å². The van der Waals surface area contributed by atoms with Crippen LogP contribution < -0.4 is 10.6 Å². The molecule has 2 aliphatic carbocycles. The number of carbonyl (C=O) groups is 5. The first kappa shape index (κ1) is 36.1. The van der Waals surface area contributed by atoms with Crippen LogP contribution in [0.3, 0.4) is 0 Å². The molecule has 0 fully saturated rings. The molecule has 7 nitrogen and oxygen atoms in total. The molecule has 2 heterocycles. The van der Waals surface area contributed by atoms with Crippen molar-refractivity contribution in [3.05, 3.63) is 160 Å². The number of ketones is 2. The van der Waals surface area contributed by atoms with Crippen molar-refractivity contribution in [3.8, 4) is 0 Å². The molecule has 4 aliphatic rings. The number of carbonyl (C=O) groups excluding carboxylic acids is 5. The second kappa shape index (κ2) is 16.4. The summed E-state index contributed by atoms with van der Waals surface area (Å²) in [4.78, 5) is 57.2. The van der Waals surface area contributed by atoms with Crippen LogP contribution in [-0.4, -0.2) is 29.3 Å². The van der Waals surface area contributed by atoms with Gasteiger partial charge in [-0.2, -0.15) is 5.56 Å². The number of Topliss-reactive ketones (excluding diaryl/α,β-unsaturated/α-hetero) is 2. The van der Waals surface area contributed by atoms with E-state index in [-0.39, 0.29) is 96.1 Å². The molecule has 9 heteroatoms. The van der Waals surface area contributed by atoms with E-state index >= 15 is 0 Å². The van der Waals surface area contributed by atoms with Gasteiger partial charge in [0.25, 0.3) is 11.8 Å². The summed E-state index contributed by atoms with van der Waals surface area (Å²) in [5.41, 5.74) is 7.41. The number of fused-ring (bicyclic) bond motifs is 2. The fourth-order valence-electron chi connectivity index (χ4n) is 5.36. The first-order valence-corrected chi connectivity index (χ1v) is 14.4. The van der Waals surface area contributed by atoms with Crippen molar-refractivity contribution in [2.24, 2.45) is 0 Å². The Bertz CT molecular complexity index is 1940. The molecule has 4 aromatic rings. The molecule has 0 atom stereocenters. The molecule has 0 aromatic heterocycles. The maximum Gasteiger partial charge on any atom is 1.00 e. The van der Waals surface area contributed by atoms with Crippen LogP contribution in [0.4, 0.5) is 0 Å². The predicted molar refractivity (Wildman–Crippen MR) is 170 cm³/mol. The number of imide groups is 1. The molecule has 0 saturated carbocycles. The van der Waals surface area contributed by atoms with E-state index in [1.807, 2.05) is 78.9 Å². The fraction of sp³-hybridized carbons (Fsp3) is 0.0789. The minimum atomic E-state index is -0.300. The first-order chi connectivity index (χ1) is 21.9. The summed E-state index contributed by atoms with van der Waals surface area (Å²) in [6.07, 6.45) is 7.65. The van der Waals surface area contributed by atoms with E-state index in [0.29, 0.717) is 47.2 Å². The zero-order valence-electron chi connectivity index (χ0n) is 26.2. The minimum absolute atomic E-state index is 0. The maximum atomic E-state index is 12.4. The van der Waals surface area contributed by atoms with E-state index in [1.54, 1.807) is 30.3 Å². The third-order valence-electron chi connectivity index (χ3n) is 7.58. The van der Waals surface area contributed by atoms with Crippen molar-refractivity contribution in [1.82, 2.24) is 10.6 Å². The normalized spacial score (nSPS) is 16.9. The molecule has 0 saturated heterocycles. The average molecular weight is 769 g/mol.